The molecular formula is C20H24N2O4. The minimum absolute atomic E-state index is 0.266. The number of benzene rings is 2. The van der Waals surface area contributed by atoms with Crippen LogP contribution in [0.5, 0.6) is 17.2 Å². The van der Waals surface area contributed by atoms with Crippen molar-refractivity contribution >= 4 is 11.7 Å². The van der Waals surface area contributed by atoms with E-state index in [1.165, 1.54) is 19.8 Å². The normalized spacial score (nSPS) is 14.3. The summed E-state index contributed by atoms with van der Waals surface area (Å²) in [6, 6.07) is 11.4. The third kappa shape index (κ3) is 3.54. The standard InChI is InChI=1S/C20H24N2O4/c1-13-5-7-14(8-6-13)20(9-10-20)22-19(23)21-15-11-16(24-2)18(26-4)17(12-15)25-3/h5-8,11-12H,9-10H2,1-4H3,(H2,21,22,23). The maximum atomic E-state index is 12.5. The van der Waals surface area contributed by atoms with Gasteiger partial charge >= 0.3 is 6.03 Å². The first-order chi connectivity index (χ1) is 12.5. The van der Waals surface area contributed by atoms with Crippen LogP contribution in [-0.2, 0) is 5.54 Å². The maximum absolute atomic E-state index is 12.5. The molecule has 0 atom stereocenters. The van der Waals surface area contributed by atoms with Crippen molar-refractivity contribution in [1.29, 1.82) is 0 Å². The van der Waals surface area contributed by atoms with Crippen molar-refractivity contribution in [2.75, 3.05) is 26.6 Å². The van der Waals surface area contributed by atoms with Crippen molar-refractivity contribution in [2.45, 2.75) is 25.3 Å². The van der Waals surface area contributed by atoms with E-state index in [9.17, 15) is 4.79 Å². The quantitative estimate of drug-likeness (QED) is 0.825. The van der Waals surface area contributed by atoms with Gasteiger partial charge in [0.05, 0.1) is 32.6 Å². The largest absolute Gasteiger partial charge is 0.493 e. The molecule has 0 heterocycles. The van der Waals surface area contributed by atoms with Crippen LogP contribution in [0, 0.1) is 6.92 Å². The topological polar surface area (TPSA) is 68.8 Å². The van der Waals surface area contributed by atoms with Crippen LogP contribution in [0.25, 0.3) is 0 Å². The van der Waals surface area contributed by atoms with E-state index in [0.717, 1.165) is 18.4 Å². The van der Waals surface area contributed by atoms with Gasteiger partial charge in [-0.3, -0.25) is 0 Å². The fourth-order valence-electron chi connectivity index (χ4n) is 3.02. The monoisotopic (exact) mass is 356 g/mol. The Labute approximate surface area is 153 Å². The van der Waals surface area contributed by atoms with Crippen LogP contribution >= 0.6 is 0 Å². The number of nitrogens with one attached hydrogen (secondary N) is 2. The van der Waals surface area contributed by atoms with E-state index in [1.807, 2.05) is 6.92 Å². The highest BCUT2D eigenvalue weighted by atomic mass is 16.5. The zero-order valence-electron chi connectivity index (χ0n) is 15.5. The van der Waals surface area contributed by atoms with Crippen molar-refractivity contribution in [3.8, 4) is 17.2 Å². The highest BCUT2D eigenvalue weighted by Gasteiger charge is 2.45. The number of anilines is 1. The lowest BCUT2D eigenvalue weighted by atomic mass is 10.0. The number of hydrogen-bond donors (Lipinski definition) is 2. The smallest absolute Gasteiger partial charge is 0.319 e. The fourth-order valence-corrected chi connectivity index (χ4v) is 3.02. The van der Waals surface area contributed by atoms with Crippen LogP contribution in [-0.4, -0.2) is 27.4 Å². The molecule has 26 heavy (non-hydrogen) atoms. The number of aryl methyl sites for hydroxylation is 1. The Morgan fingerprint density at radius 2 is 1.54 bits per heavy atom. The minimum atomic E-state index is -0.279. The number of amides is 2. The number of hydrogen-bond acceptors (Lipinski definition) is 4. The summed E-state index contributed by atoms with van der Waals surface area (Å²) in [5.74, 6) is 1.46. The molecule has 6 nitrogen and oxygen atoms in total. The molecule has 6 heteroatoms. The summed E-state index contributed by atoms with van der Waals surface area (Å²) in [5.41, 5.74) is 2.62. The Morgan fingerprint density at radius 1 is 0.962 bits per heavy atom. The summed E-state index contributed by atoms with van der Waals surface area (Å²) in [4.78, 5) is 12.5. The van der Waals surface area contributed by atoms with E-state index < -0.39 is 0 Å². The van der Waals surface area contributed by atoms with Crippen molar-refractivity contribution < 1.29 is 19.0 Å². The number of rotatable bonds is 6. The average molecular weight is 356 g/mol. The second kappa shape index (κ2) is 7.15. The summed E-state index contributed by atoms with van der Waals surface area (Å²) in [6.07, 6.45) is 1.86. The molecule has 0 aliphatic heterocycles. The Balaban J connectivity index is 1.75. The Morgan fingerprint density at radius 3 is 2.00 bits per heavy atom. The average Bonchev–Trinajstić information content (AvgIpc) is 3.41. The predicted molar refractivity (Wildman–Crippen MR) is 100 cm³/mol. The molecule has 0 bridgehead atoms. The molecule has 2 aromatic carbocycles. The van der Waals surface area contributed by atoms with Gasteiger partial charge in [0.25, 0.3) is 0 Å². The van der Waals surface area contributed by atoms with Crippen LogP contribution in [0.3, 0.4) is 0 Å². The maximum Gasteiger partial charge on any atom is 0.319 e. The van der Waals surface area contributed by atoms with E-state index in [0.29, 0.717) is 22.9 Å². The molecule has 2 aromatic rings. The third-order valence-electron chi connectivity index (χ3n) is 4.63. The molecule has 1 fully saturated rings. The lowest BCUT2D eigenvalue weighted by molar-refractivity contribution is 0.247. The molecule has 1 aliphatic rings. The molecular weight excluding hydrogens is 332 g/mol. The van der Waals surface area contributed by atoms with Gasteiger partial charge in [-0.1, -0.05) is 29.8 Å². The van der Waals surface area contributed by atoms with E-state index in [2.05, 4.69) is 34.9 Å². The highest BCUT2D eigenvalue weighted by molar-refractivity contribution is 5.91. The van der Waals surface area contributed by atoms with Crippen molar-refractivity contribution in [1.82, 2.24) is 5.32 Å². The first kappa shape index (κ1) is 17.9. The van der Waals surface area contributed by atoms with Crippen LogP contribution in [0.4, 0.5) is 10.5 Å². The number of carbonyl (C=O) groups is 1. The highest BCUT2D eigenvalue weighted by Crippen LogP contribution is 2.45. The summed E-state index contributed by atoms with van der Waals surface area (Å²) in [6.45, 7) is 2.05. The second-order valence-corrected chi connectivity index (χ2v) is 6.44. The van der Waals surface area contributed by atoms with Gasteiger partial charge in [0, 0.05) is 12.1 Å². The summed E-state index contributed by atoms with van der Waals surface area (Å²) in [5, 5.41) is 5.95. The molecule has 2 N–H and O–H groups in total. The minimum Gasteiger partial charge on any atom is -0.493 e. The number of carbonyl (C=O) groups excluding carboxylic acids is 1. The van der Waals surface area contributed by atoms with Gasteiger partial charge in [0.15, 0.2) is 11.5 Å². The predicted octanol–water partition coefficient (Wildman–Crippen LogP) is 3.83. The molecule has 0 spiro atoms. The zero-order valence-corrected chi connectivity index (χ0v) is 15.5. The van der Waals surface area contributed by atoms with Crippen LogP contribution in [0.1, 0.15) is 24.0 Å². The first-order valence-corrected chi connectivity index (χ1v) is 8.47. The number of methoxy groups -OCH3 is 3. The molecule has 0 unspecified atom stereocenters. The number of ether oxygens (including phenoxy) is 3. The van der Waals surface area contributed by atoms with Gasteiger partial charge in [0.2, 0.25) is 5.75 Å². The van der Waals surface area contributed by atoms with Gasteiger partial charge in [-0.25, -0.2) is 4.79 Å². The van der Waals surface area contributed by atoms with Crippen LogP contribution in [0.2, 0.25) is 0 Å². The van der Waals surface area contributed by atoms with Gasteiger partial charge < -0.3 is 24.8 Å². The van der Waals surface area contributed by atoms with Gasteiger partial charge in [0.1, 0.15) is 0 Å². The Bertz CT molecular complexity index is 773. The summed E-state index contributed by atoms with van der Waals surface area (Å²) in [7, 11) is 4.62. The van der Waals surface area contributed by atoms with Gasteiger partial charge in [-0.2, -0.15) is 0 Å². The van der Waals surface area contributed by atoms with E-state index in [-0.39, 0.29) is 11.6 Å². The fraction of sp³-hybridized carbons (Fsp3) is 0.350. The third-order valence-corrected chi connectivity index (χ3v) is 4.63. The number of urea groups is 1. The van der Waals surface area contributed by atoms with Crippen LogP contribution in [0.15, 0.2) is 36.4 Å². The zero-order chi connectivity index (χ0) is 18.7. The summed E-state index contributed by atoms with van der Waals surface area (Å²) < 4.78 is 15.9. The van der Waals surface area contributed by atoms with Crippen LogP contribution < -0.4 is 24.8 Å². The molecule has 3 rings (SSSR count). The van der Waals surface area contributed by atoms with E-state index >= 15 is 0 Å². The van der Waals surface area contributed by atoms with Gasteiger partial charge in [-0.05, 0) is 25.3 Å². The van der Waals surface area contributed by atoms with Crippen molar-refractivity contribution in [3.05, 3.63) is 47.5 Å². The molecule has 2 amide bonds. The van der Waals surface area contributed by atoms with Crippen molar-refractivity contribution in [2.24, 2.45) is 0 Å². The van der Waals surface area contributed by atoms with E-state index in [4.69, 9.17) is 14.2 Å². The molecule has 0 saturated heterocycles. The summed E-state index contributed by atoms with van der Waals surface area (Å²) >= 11 is 0. The molecule has 0 radical (unpaired) electrons. The Kier molecular flexibility index (Phi) is 4.93. The second-order valence-electron chi connectivity index (χ2n) is 6.44. The SMILES string of the molecule is COc1cc(NC(=O)NC2(c3ccc(C)cc3)CC2)cc(OC)c1OC. The molecule has 1 saturated carbocycles. The lowest BCUT2D eigenvalue weighted by Crippen LogP contribution is -2.38. The molecule has 138 valence electrons. The molecule has 1 aliphatic carbocycles. The Hall–Kier alpha value is -2.89. The van der Waals surface area contributed by atoms with E-state index in [1.54, 1.807) is 19.2 Å². The lowest BCUT2D eigenvalue weighted by Gasteiger charge is -2.19. The molecule has 0 aromatic heterocycles. The van der Waals surface area contributed by atoms with Crippen molar-refractivity contribution in [3.63, 3.8) is 0 Å². The van der Waals surface area contributed by atoms with Gasteiger partial charge in [-0.15, -0.1) is 0 Å². The first-order valence-electron chi connectivity index (χ1n) is 8.47.